The summed E-state index contributed by atoms with van der Waals surface area (Å²) in [5.41, 5.74) is 2.70. The van der Waals surface area contributed by atoms with Crippen LogP contribution in [0, 0.1) is 0 Å². The van der Waals surface area contributed by atoms with Gasteiger partial charge in [-0.3, -0.25) is 9.80 Å². The number of carboxylic acids is 1. The Morgan fingerprint density at radius 3 is 2.32 bits per heavy atom. The summed E-state index contributed by atoms with van der Waals surface area (Å²) in [6, 6.07) is 15.6. The summed E-state index contributed by atoms with van der Waals surface area (Å²) in [5, 5.41) is 9.76. The number of aromatic carboxylic acids is 1. The Kier molecular flexibility index (Phi) is 7.26. The third-order valence-corrected chi connectivity index (χ3v) is 5.56. The number of carbonyl (C=O) groups is 1. The fourth-order valence-electron chi connectivity index (χ4n) is 3.55. The minimum atomic E-state index is -0.874. The van der Waals surface area contributed by atoms with E-state index < -0.39 is 5.97 Å². The summed E-state index contributed by atoms with van der Waals surface area (Å²) >= 11 is 5.92. The molecule has 1 fully saturated rings. The van der Waals surface area contributed by atoms with Gasteiger partial charge in [-0.05, 0) is 48.7 Å². The van der Waals surface area contributed by atoms with Gasteiger partial charge in [0.05, 0.1) is 5.56 Å². The Morgan fingerprint density at radius 2 is 1.71 bits per heavy atom. The predicted molar refractivity (Wildman–Crippen MR) is 115 cm³/mol. The van der Waals surface area contributed by atoms with Crippen molar-refractivity contribution >= 4 is 23.6 Å². The summed E-state index contributed by atoms with van der Waals surface area (Å²) < 4.78 is 0. The zero-order chi connectivity index (χ0) is 19.9. The molecule has 1 N–H and O–H groups in total. The molecule has 1 unspecified atom stereocenters. The van der Waals surface area contributed by atoms with Crippen LogP contribution in [-0.2, 0) is 6.42 Å². The second-order valence-electron chi connectivity index (χ2n) is 7.35. The molecule has 0 aromatic heterocycles. The first-order valence-electron chi connectivity index (χ1n) is 9.72. The van der Waals surface area contributed by atoms with Gasteiger partial charge < -0.3 is 5.11 Å². The van der Waals surface area contributed by atoms with E-state index in [4.69, 9.17) is 16.7 Å². The number of carboxylic acid groups (broad SMARTS) is 1. The van der Waals surface area contributed by atoms with Crippen molar-refractivity contribution in [2.75, 3.05) is 32.7 Å². The topological polar surface area (TPSA) is 43.8 Å². The number of benzene rings is 2. The molecule has 1 atom stereocenters. The van der Waals surface area contributed by atoms with Crippen molar-refractivity contribution in [3.63, 3.8) is 0 Å². The normalized spacial score (nSPS) is 17.1. The Hall–Kier alpha value is -2.14. The highest BCUT2D eigenvalue weighted by molar-refractivity contribution is 6.30. The molecule has 2 aromatic carbocycles. The second kappa shape index (κ2) is 9.87. The molecule has 1 saturated heterocycles. The standard InChI is InChI=1S/C23H27ClN2O2/c1-18(17-20-4-8-21(9-5-20)23(27)28)26-15-13-25(14-16-26)12-2-3-19-6-10-22(24)11-7-19/h2-11,18H,12-17H2,1H3,(H,27,28)/b3-2+. The van der Waals surface area contributed by atoms with Crippen LogP contribution < -0.4 is 0 Å². The number of halogens is 1. The SMILES string of the molecule is CC(Cc1ccc(C(=O)O)cc1)N1CCN(C/C=C/c2ccc(Cl)cc2)CC1. The largest absolute Gasteiger partial charge is 0.478 e. The van der Waals surface area contributed by atoms with Crippen molar-refractivity contribution in [1.29, 1.82) is 0 Å². The predicted octanol–water partition coefficient (Wildman–Crippen LogP) is 4.30. The molecule has 148 valence electrons. The van der Waals surface area contributed by atoms with E-state index in [1.54, 1.807) is 12.1 Å². The molecule has 0 bridgehead atoms. The van der Waals surface area contributed by atoms with Crippen molar-refractivity contribution in [2.24, 2.45) is 0 Å². The van der Waals surface area contributed by atoms with Crippen LogP contribution in [-0.4, -0.2) is 59.6 Å². The van der Waals surface area contributed by atoms with Crippen LogP contribution in [0.1, 0.15) is 28.4 Å². The molecule has 1 aliphatic rings. The Bertz CT molecular complexity index is 794. The van der Waals surface area contributed by atoms with Gasteiger partial charge in [0, 0.05) is 43.8 Å². The van der Waals surface area contributed by atoms with Gasteiger partial charge in [-0.25, -0.2) is 4.79 Å². The van der Waals surface area contributed by atoms with Crippen LogP contribution in [0.5, 0.6) is 0 Å². The van der Waals surface area contributed by atoms with Crippen molar-refractivity contribution in [2.45, 2.75) is 19.4 Å². The molecular formula is C23H27ClN2O2. The third-order valence-electron chi connectivity index (χ3n) is 5.31. The maximum Gasteiger partial charge on any atom is 0.335 e. The Morgan fingerprint density at radius 1 is 1.07 bits per heavy atom. The minimum Gasteiger partial charge on any atom is -0.478 e. The molecule has 28 heavy (non-hydrogen) atoms. The van der Waals surface area contributed by atoms with Crippen LogP contribution in [0.3, 0.4) is 0 Å². The fraction of sp³-hybridized carbons (Fsp3) is 0.348. The van der Waals surface area contributed by atoms with Gasteiger partial charge in [0.25, 0.3) is 0 Å². The lowest BCUT2D eigenvalue weighted by atomic mass is 10.0. The van der Waals surface area contributed by atoms with E-state index in [1.807, 2.05) is 36.4 Å². The molecule has 0 saturated carbocycles. The van der Waals surface area contributed by atoms with Gasteiger partial charge in [0.2, 0.25) is 0 Å². The van der Waals surface area contributed by atoms with E-state index in [0.29, 0.717) is 11.6 Å². The smallest absolute Gasteiger partial charge is 0.335 e. The van der Waals surface area contributed by atoms with E-state index in [0.717, 1.165) is 44.2 Å². The molecule has 0 amide bonds. The van der Waals surface area contributed by atoms with Crippen LogP contribution in [0.4, 0.5) is 0 Å². The number of piperazine rings is 1. The molecular weight excluding hydrogens is 372 g/mol. The molecule has 5 heteroatoms. The van der Waals surface area contributed by atoms with E-state index >= 15 is 0 Å². The monoisotopic (exact) mass is 398 g/mol. The van der Waals surface area contributed by atoms with E-state index in [1.165, 1.54) is 11.1 Å². The van der Waals surface area contributed by atoms with Crippen LogP contribution in [0.2, 0.25) is 5.02 Å². The van der Waals surface area contributed by atoms with E-state index in [2.05, 4.69) is 28.9 Å². The first kappa shape index (κ1) is 20.6. The van der Waals surface area contributed by atoms with Crippen LogP contribution in [0.25, 0.3) is 6.08 Å². The number of rotatable bonds is 7. The molecule has 3 rings (SSSR count). The summed E-state index contributed by atoms with van der Waals surface area (Å²) in [5.74, 6) is -0.874. The lowest BCUT2D eigenvalue weighted by Crippen LogP contribution is -2.50. The summed E-state index contributed by atoms with van der Waals surface area (Å²) in [6.07, 6.45) is 5.30. The molecule has 2 aromatic rings. The minimum absolute atomic E-state index is 0.344. The summed E-state index contributed by atoms with van der Waals surface area (Å²) in [4.78, 5) is 15.9. The zero-order valence-corrected chi connectivity index (χ0v) is 17.0. The molecule has 1 heterocycles. The van der Waals surface area contributed by atoms with E-state index in [-0.39, 0.29) is 0 Å². The molecule has 0 aliphatic carbocycles. The Labute approximate surface area is 172 Å². The highest BCUT2D eigenvalue weighted by Crippen LogP contribution is 2.14. The van der Waals surface area contributed by atoms with Gasteiger partial charge in [0.1, 0.15) is 0 Å². The average Bonchev–Trinajstić information content (AvgIpc) is 2.70. The number of hydrogen-bond acceptors (Lipinski definition) is 3. The maximum atomic E-state index is 11.0. The maximum absolute atomic E-state index is 11.0. The highest BCUT2D eigenvalue weighted by atomic mass is 35.5. The summed E-state index contributed by atoms with van der Waals surface area (Å²) in [6.45, 7) is 7.45. The fourth-order valence-corrected chi connectivity index (χ4v) is 3.68. The molecule has 0 spiro atoms. The van der Waals surface area contributed by atoms with Crippen LogP contribution >= 0.6 is 11.6 Å². The van der Waals surface area contributed by atoms with Crippen molar-refractivity contribution in [1.82, 2.24) is 9.80 Å². The van der Waals surface area contributed by atoms with Gasteiger partial charge >= 0.3 is 5.97 Å². The van der Waals surface area contributed by atoms with Crippen LogP contribution in [0.15, 0.2) is 54.6 Å². The lowest BCUT2D eigenvalue weighted by molar-refractivity contribution is 0.0697. The van der Waals surface area contributed by atoms with Crippen molar-refractivity contribution in [3.8, 4) is 0 Å². The average molecular weight is 399 g/mol. The lowest BCUT2D eigenvalue weighted by Gasteiger charge is -2.37. The third kappa shape index (κ3) is 5.93. The first-order valence-corrected chi connectivity index (χ1v) is 10.1. The van der Waals surface area contributed by atoms with Crippen molar-refractivity contribution < 1.29 is 9.90 Å². The first-order chi connectivity index (χ1) is 13.5. The molecule has 1 aliphatic heterocycles. The molecule has 4 nitrogen and oxygen atoms in total. The highest BCUT2D eigenvalue weighted by Gasteiger charge is 2.20. The van der Waals surface area contributed by atoms with E-state index in [9.17, 15) is 4.79 Å². The molecule has 0 radical (unpaired) electrons. The number of hydrogen-bond donors (Lipinski definition) is 1. The summed E-state index contributed by atoms with van der Waals surface area (Å²) in [7, 11) is 0. The quantitative estimate of drug-likeness (QED) is 0.755. The Balaban J connectivity index is 1.42. The van der Waals surface area contributed by atoms with Gasteiger partial charge in [0.15, 0.2) is 0 Å². The van der Waals surface area contributed by atoms with Gasteiger partial charge in [-0.1, -0.05) is 48.0 Å². The number of nitrogens with zero attached hydrogens (tertiary/aromatic N) is 2. The second-order valence-corrected chi connectivity index (χ2v) is 7.78. The van der Waals surface area contributed by atoms with Gasteiger partial charge in [-0.2, -0.15) is 0 Å². The van der Waals surface area contributed by atoms with Gasteiger partial charge in [-0.15, -0.1) is 0 Å². The zero-order valence-electron chi connectivity index (χ0n) is 16.2. The van der Waals surface area contributed by atoms with Crippen molar-refractivity contribution in [3.05, 3.63) is 76.3 Å².